The molecule has 10 nitrogen and oxygen atoms in total. The topological polar surface area (TPSA) is 139 Å². The average molecular weight is 442 g/mol. The smallest absolute Gasteiger partial charge is 0.414 e. The third-order valence-corrected chi connectivity index (χ3v) is 4.98. The maximum absolute atomic E-state index is 10.4. The van der Waals surface area contributed by atoms with Crippen LogP contribution in [0.3, 0.4) is 0 Å². The number of β-amino-alcohol motifs (C(OH)–C–C–N with tert-alkyl or cyclic N) is 1. The van der Waals surface area contributed by atoms with Crippen molar-refractivity contribution in [2.75, 3.05) is 44.2 Å². The van der Waals surface area contributed by atoms with Gasteiger partial charge < -0.3 is 29.9 Å². The van der Waals surface area contributed by atoms with E-state index < -0.39 is 18.0 Å². The van der Waals surface area contributed by atoms with Gasteiger partial charge in [0.1, 0.15) is 24.3 Å². The second-order valence-corrected chi connectivity index (χ2v) is 7.25. The van der Waals surface area contributed by atoms with Gasteiger partial charge in [0.15, 0.2) is 0 Å². The zero-order valence-corrected chi connectivity index (χ0v) is 17.4. The van der Waals surface area contributed by atoms with E-state index in [1.807, 2.05) is 54.9 Å². The van der Waals surface area contributed by atoms with E-state index in [1.54, 1.807) is 0 Å². The number of ether oxygens (including phenoxy) is 1. The third kappa shape index (κ3) is 6.43. The Hall–Kier alpha value is -3.63. The molecule has 0 aliphatic carbocycles. The van der Waals surface area contributed by atoms with Crippen LogP contribution in [0.4, 0.5) is 5.82 Å². The summed E-state index contributed by atoms with van der Waals surface area (Å²) >= 11 is 0. The highest BCUT2D eigenvalue weighted by atomic mass is 16.5. The van der Waals surface area contributed by atoms with Crippen LogP contribution < -0.4 is 9.64 Å². The van der Waals surface area contributed by atoms with Crippen LogP contribution in [-0.4, -0.2) is 87.6 Å². The van der Waals surface area contributed by atoms with Gasteiger partial charge in [-0.05, 0) is 30.3 Å². The SMILES string of the molecule is O=C(O)C(=O)O.O[C@H](COc1cccc2[nH]ccc12)CN1CCN(c2ccccn2)CC1. The van der Waals surface area contributed by atoms with Gasteiger partial charge in [0.2, 0.25) is 0 Å². The van der Waals surface area contributed by atoms with Crippen molar-refractivity contribution >= 4 is 28.7 Å². The van der Waals surface area contributed by atoms with Crippen LogP contribution in [0, 0.1) is 0 Å². The zero-order chi connectivity index (χ0) is 22.9. The first-order valence-electron chi connectivity index (χ1n) is 10.2. The molecule has 32 heavy (non-hydrogen) atoms. The Morgan fingerprint density at radius 3 is 2.44 bits per heavy atom. The fraction of sp³-hybridized carbons (Fsp3) is 0.318. The molecule has 0 bridgehead atoms. The van der Waals surface area contributed by atoms with Crippen LogP contribution in [0.5, 0.6) is 5.75 Å². The van der Waals surface area contributed by atoms with Crippen molar-refractivity contribution in [1.82, 2.24) is 14.9 Å². The van der Waals surface area contributed by atoms with Crippen LogP contribution >= 0.6 is 0 Å². The lowest BCUT2D eigenvalue weighted by Gasteiger charge is -2.36. The molecule has 1 fully saturated rings. The van der Waals surface area contributed by atoms with Gasteiger partial charge in [-0.1, -0.05) is 12.1 Å². The van der Waals surface area contributed by atoms with E-state index in [-0.39, 0.29) is 0 Å². The van der Waals surface area contributed by atoms with Gasteiger partial charge in [-0.2, -0.15) is 0 Å². The number of aromatic nitrogens is 2. The molecule has 0 spiro atoms. The largest absolute Gasteiger partial charge is 0.490 e. The van der Waals surface area contributed by atoms with Gasteiger partial charge in [-0.3, -0.25) is 4.90 Å². The first-order chi connectivity index (χ1) is 15.4. The van der Waals surface area contributed by atoms with E-state index in [9.17, 15) is 5.11 Å². The van der Waals surface area contributed by atoms with Crippen LogP contribution in [0.25, 0.3) is 10.9 Å². The highest BCUT2D eigenvalue weighted by Gasteiger charge is 2.20. The summed E-state index contributed by atoms with van der Waals surface area (Å²) in [6.07, 6.45) is 3.22. The van der Waals surface area contributed by atoms with Gasteiger partial charge in [0.05, 0.1) is 0 Å². The van der Waals surface area contributed by atoms with E-state index in [2.05, 4.69) is 19.8 Å². The van der Waals surface area contributed by atoms with Crippen molar-refractivity contribution in [2.45, 2.75) is 6.10 Å². The molecule has 1 atom stereocenters. The summed E-state index contributed by atoms with van der Waals surface area (Å²) in [5.41, 5.74) is 1.04. The number of aliphatic hydroxyl groups excluding tert-OH is 1. The molecule has 170 valence electrons. The molecule has 1 saturated heterocycles. The number of aromatic amines is 1. The van der Waals surface area contributed by atoms with Crippen LogP contribution in [0.15, 0.2) is 54.9 Å². The second kappa shape index (κ2) is 11.1. The number of carbonyl (C=O) groups is 2. The molecule has 1 aliphatic rings. The number of carboxylic acids is 2. The van der Waals surface area contributed by atoms with Crippen LogP contribution in [-0.2, 0) is 9.59 Å². The quantitative estimate of drug-likeness (QED) is 0.416. The Balaban J connectivity index is 0.000000427. The predicted octanol–water partition coefficient (Wildman–Crippen LogP) is 1.28. The lowest BCUT2D eigenvalue weighted by molar-refractivity contribution is -0.159. The van der Waals surface area contributed by atoms with Gasteiger partial charge in [0, 0.05) is 56.0 Å². The van der Waals surface area contributed by atoms with Gasteiger partial charge in [-0.15, -0.1) is 0 Å². The minimum atomic E-state index is -1.82. The number of nitrogens with one attached hydrogen (secondary N) is 1. The summed E-state index contributed by atoms with van der Waals surface area (Å²) in [5, 5.41) is 26.2. The molecule has 4 rings (SSSR count). The molecule has 0 saturated carbocycles. The number of aliphatic carboxylic acids is 2. The van der Waals surface area contributed by atoms with E-state index in [0.29, 0.717) is 13.2 Å². The molecule has 3 aromatic rings. The van der Waals surface area contributed by atoms with Gasteiger partial charge >= 0.3 is 11.9 Å². The third-order valence-electron chi connectivity index (χ3n) is 4.98. The lowest BCUT2D eigenvalue weighted by Crippen LogP contribution is -2.49. The number of hydrogen-bond acceptors (Lipinski definition) is 7. The van der Waals surface area contributed by atoms with E-state index >= 15 is 0 Å². The molecule has 10 heteroatoms. The summed E-state index contributed by atoms with van der Waals surface area (Å²) in [4.78, 5) is 30.3. The van der Waals surface area contributed by atoms with Crippen LogP contribution in [0.2, 0.25) is 0 Å². The minimum absolute atomic E-state index is 0.296. The minimum Gasteiger partial charge on any atom is -0.490 e. The molecular formula is C22H26N4O6. The maximum atomic E-state index is 10.4. The molecule has 0 radical (unpaired) electrons. The average Bonchev–Trinajstić information content (AvgIpc) is 3.29. The number of rotatable bonds is 6. The Morgan fingerprint density at radius 1 is 1.03 bits per heavy atom. The number of benzene rings is 1. The number of fused-ring (bicyclic) bond motifs is 1. The van der Waals surface area contributed by atoms with E-state index in [4.69, 9.17) is 24.5 Å². The molecule has 3 heterocycles. The molecule has 0 unspecified atom stereocenters. The Bertz CT molecular complexity index is 1010. The molecule has 4 N–H and O–H groups in total. The summed E-state index contributed by atoms with van der Waals surface area (Å²) in [6, 6.07) is 13.9. The van der Waals surface area contributed by atoms with E-state index in [0.717, 1.165) is 48.6 Å². The summed E-state index contributed by atoms with van der Waals surface area (Å²) in [7, 11) is 0. The summed E-state index contributed by atoms with van der Waals surface area (Å²) < 4.78 is 5.85. The number of piperazine rings is 1. The van der Waals surface area contributed by atoms with E-state index in [1.165, 1.54) is 0 Å². The van der Waals surface area contributed by atoms with Crippen molar-refractivity contribution in [2.24, 2.45) is 0 Å². The number of H-pyrrole nitrogens is 1. The summed E-state index contributed by atoms with van der Waals surface area (Å²) in [6.45, 7) is 4.60. The van der Waals surface area contributed by atoms with Crippen molar-refractivity contribution in [1.29, 1.82) is 0 Å². The first kappa shape index (κ1) is 23.0. The van der Waals surface area contributed by atoms with Gasteiger partial charge in [-0.25, -0.2) is 14.6 Å². The monoisotopic (exact) mass is 442 g/mol. The second-order valence-electron chi connectivity index (χ2n) is 7.25. The van der Waals surface area contributed by atoms with Crippen molar-refractivity contribution in [3.8, 4) is 5.75 Å². The summed E-state index contributed by atoms with van der Waals surface area (Å²) in [5.74, 6) is -1.82. The number of carboxylic acid groups (broad SMARTS) is 2. The van der Waals surface area contributed by atoms with Crippen LogP contribution in [0.1, 0.15) is 0 Å². The maximum Gasteiger partial charge on any atom is 0.414 e. The van der Waals surface area contributed by atoms with Crippen molar-refractivity contribution < 1.29 is 29.6 Å². The number of pyridine rings is 1. The number of aliphatic hydroxyl groups is 1. The molecule has 1 aliphatic heterocycles. The molecule has 0 amide bonds. The Morgan fingerprint density at radius 2 is 1.78 bits per heavy atom. The molecular weight excluding hydrogens is 416 g/mol. The fourth-order valence-electron chi connectivity index (χ4n) is 3.42. The standard InChI is InChI=1S/C20H24N4O2.C2H2O4/c25-16(15-26-19-5-3-4-18-17(19)7-9-21-18)14-23-10-12-24(13-11-23)20-6-1-2-8-22-20;3-1(4)2(5)6/h1-9,16,21,25H,10-15H2;(H,3,4)(H,5,6)/t16-;/m0./s1. The Labute approximate surface area is 184 Å². The van der Waals surface area contributed by atoms with Crippen molar-refractivity contribution in [3.05, 3.63) is 54.9 Å². The highest BCUT2D eigenvalue weighted by molar-refractivity contribution is 6.27. The van der Waals surface area contributed by atoms with Crippen molar-refractivity contribution in [3.63, 3.8) is 0 Å². The normalized spacial score (nSPS) is 15.0. The first-order valence-corrected chi connectivity index (χ1v) is 10.2. The zero-order valence-electron chi connectivity index (χ0n) is 17.4. The van der Waals surface area contributed by atoms with Gasteiger partial charge in [0.25, 0.3) is 0 Å². The number of nitrogens with zero attached hydrogens (tertiary/aromatic N) is 3. The predicted molar refractivity (Wildman–Crippen MR) is 118 cm³/mol. The highest BCUT2D eigenvalue weighted by Crippen LogP contribution is 2.24. The molecule has 2 aromatic heterocycles. The number of hydrogen-bond donors (Lipinski definition) is 4. The lowest BCUT2D eigenvalue weighted by atomic mass is 10.2. The fourth-order valence-corrected chi connectivity index (χ4v) is 3.42. The Kier molecular flexibility index (Phi) is 8.01. The molecule has 1 aromatic carbocycles. The number of anilines is 1.